The van der Waals surface area contributed by atoms with E-state index < -0.39 is 0 Å². The van der Waals surface area contributed by atoms with Gasteiger partial charge < -0.3 is 0 Å². The highest BCUT2D eigenvalue weighted by Crippen LogP contribution is 2.23. The topological polar surface area (TPSA) is 0 Å². The zero-order chi connectivity index (χ0) is 9.97. The normalized spacial score (nSPS) is 10.1. The summed E-state index contributed by atoms with van der Waals surface area (Å²) < 4.78 is 14.2. The van der Waals surface area contributed by atoms with Crippen molar-refractivity contribution in [2.24, 2.45) is 0 Å². The lowest BCUT2D eigenvalue weighted by Crippen LogP contribution is -1.82. The first-order chi connectivity index (χ1) is 6.77. The molecule has 2 rings (SSSR count). The highest BCUT2D eigenvalue weighted by molar-refractivity contribution is 9.10. The van der Waals surface area contributed by atoms with Gasteiger partial charge in [0.1, 0.15) is 5.82 Å². The maximum absolute atomic E-state index is 13.4. The summed E-state index contributed by atoms with van der Waals surface area (Å²) in [5.41, 5.74) is 1.45. The third kappa shape index (κ3) is 1.85. The van der Waals surface area contributed by atoms with Crippen LogP contribution in [0.1, 0.15) is 0 Å². The first-order valence-corrected chi connectivity index (χ1v) is 4.99. The summed E-state index contributed by atoms with van der Waals surface area (Å²) in [6.07, 6.45) is 0. The maximum Gasteiger partial charge on any atom is 0.131 e. The second-order valence-electron chi connectivity index (χ2n) is 2.91. The molecular weight excluding hydrogens is 243 g/mol. The van der Waals surface area contributed by atoms with Crippen LogP contribution in [-0.4, -0.2) is 0 Å². The monoisotopic (exact) mass is 249 g/mol. The van der Waals surface area contributed by atoms with Crippen molar-refractivity contribution >= 4 is 15.9 Å². The van der Waals surface area contributed by atoms with Crippen LogP contribution in [0.2, 0.25) is 0 Å². The summed E-state index contributed by atoms with van der Waals surface area (Å²) in [4.78, 5) is 0. The Kier molecular flexibility index (Phi) is 2.64. The molecule has 0 bridgehead atoms. The van der Waals surface area contributed by atoms with Gasteiger partial charge in [-0.05, 0) is 29.8 Å². The van der Waals surface area contributed by atoms with Crippen molar-refractivity contribution in [3.8, 4) is 11.1 Å². The van der Waals surface area contributed by atoms with Crippen molar-refractivity contribution in [1.29, 1.82) is 0 Å². The Hall–Kier alpha value is -1.15. The minimum Gasteiger partial charge on any atom is -0.206 e. The van der Waals surface area contributed by atoms with Gasteiger partial charge >= 0.3 is 0 Å². The van der Waals surface area contributed by atoms with E-state index in [1.807, 2.05) is 18.2 Å². The largest absolute Gasteiger partial charge is 0.206 e. The van der Waals surface area contributed by atoms with Crippen molar-refractivity contribution in [2.45, 2.75) is 0 Å². The Morgan fingerprint density at radius 1 is 1.07 bits per heavy atom. The van der Waals surface area contributed by atoms with E-state index in [0.29, 0.717) is 5.56 Å². The predicted octanol–water partition coefficient (Wildman–Crippen LogP) is 4.06. The number of hydrogen-bond donors (Lipinski definition) is 0. The summed E-state index contributed by atoms with van der Waals surface area (Å²) >= 11 is 3.29. The Morgan fingerprint density at radius 3 is 2.50 bits per heavy atom. The van der Waals surface area contributed by atoms with Crippen LogP contribution < -0.4 is 0 Å². The SMILES string of the molecule is Fc1ccccc1-c1c[c]c(Br)cc1. The third-order valence-electron chi connectivity index (χ3n) is 1.96. The van der Waals surface area contributed by atoms with Crippen LogP contribution in [-0.2, 0) is 0 Å². The smallest absolute Gasteiger partial charge is 0.131 e. The standard InChI is InChI=1S/C12H7BrF/c13-10-7-5-9(6-8-10)11-3-1-2-4-12(11)14/h1-7H. The fraction of sp³-hybridized carbons (Fsp3) is 0. The second-order valence-corrected chi connectivity index (χ2v) is 3.76. The quantitative estimate of drug-likeness (QED) is 0.716. The molecule has 0 atom stereocenters. The number of halogens is 2. The molecular formula is C12H7BrF. The minimum absolute atomic E-state index is 0.205. The molecule has 0 N–H and O–H groups in total. The van der Waals surface area contributed by atoms with Crippen LogP contribution in [0.3, 0.4) is 0 Å². The van der Waals surface area contributed by atoms with Crippen molar-refractivity contribution in [3.63, 3.8) is 0 Å². The number of rotatable bonds is 1. The predicted molar refractivity (Wildman–Crippen MR) is 58.4 cm³/mol. The Labute approximate surface area is 90.5 Å². The molecule has 0 aliphatic carbocycles. The van der Waals surface area contributed by atoms with Crippen molar-refractivity contribution in [3.05, 3.63) is 58.8 Å². The molecule has 0 saturated heterocycles. The minimum atomic E-state index is -0.205. The molecule has 0 nitrogen and oxygen atoms in total. The Balaban J connectivity index is 2.50. The summed E-state index contributed by atoms with van der Waals surface area (Å²) in [5.74, 6) is -0.205. The van der Waals surface area contributed by atoms with Crippen LogP contribution in [0.15, 0.2) is 46.9 Å². The molecule has 14 heavy (non-hydrogen) atoms. The molecule has 0 amide bonds. The van der Waals surface area contributed by atoms with Crippen LogP contribution in [0.4, 0.5) is 4.39 Å². The lowest BCUT2D eigenvalue weighted by Gasteiger charge is -2.02. The lowest BCUT2D eigenvalue weighted by molar-refractivity contribution is 0.631. The van der Waals surface area contributed by atoms with E-state index >= 15 is 0 Å². The molecule has 2 heteroatoms. The Morgan fingerprint density at radius 2 is 1.86 bits per heavy atom. The first kappa shape index (κ1) is 9.41. The summed E-state index contributed by atoms with van der Waals surface area (Å²) in [6, 6.07) is 15.2. The second kappa shape index (κ2) is 3.93. The fourth-order valence-corrected chi connectivity index (χ4v) is 1.52. The molecule has 0 heterocycles. The highest BCUT2D eigenvalue weighted by atomic mass is 79.9. The van der Waals surface area contributed by atoms with E-state index in [1.165, 1.54) is 6.07 Å². The average Bonchev–Trinajstić information content (AvgIpc) is 2.20. The van der Waals surface area contributed by atoms with E-state index in [4.69, 9.17) is 0 Å². The molecule has 0 aromatic heterocycles. The molecule has 0 saturated carbocycles. The van der Waals surface area contributed by atoms with Crippen LogP contribution in [0, 0.1) is 11.9 Å². The fourth-order valence-electron chi connectivity index (χ4n) is 1.27. The van der Waals surface area contributed by atoms with E-state index in [9.17, 15) is 4.39 Å². The van der Waals surface area contributed by atoms with Gasteiger partial charge in [-0.2, -0.15) is 0 Å². The summed E-state index contributed by atoms with van der Waals surface area (Å²) in [5, 5.41) is 0. The molecule has 1 radical (unpaired) electrons. The number of hydrogen-bond acceptors (Lipinski definition) is 0. The molecule has 0 unspecified atom stereocenters. The van der Waals surface area contributed by atoms with E-state index in [2.05, 4.69) is 22.0 Å². The zero-order valence-corrected chi connectivity index (χ0v) is 8.88. The molecule has 2 aromatic carbocycles. The zero-order valence-electron chi connectivity index (χ0n) is 7.30. The van der Waals surface area contributed by atoms with Gasteiger partial charge in [0.25, 0.3) is 0 Å². The molecule has 69 valence electrons. The third-order valence-corrected chi connectivity index (χ3v) is 2.45. The maximum atomic E-state index is 13.4. The van der Waals surface area contributed by atoms with Gasteiger partial charge in [-0.1, -0.05) is 40.2 Å². The number of benzene rings is 2. The first-order valence-electron chi connectivity index (χ1n) is 4.19. The molecule has 0 spiro atoms. The van der Waals surface area contributed by atoms with Crippen LogP contribution in [0.25, 0.3) is 11.1 Å². The van der Waals surface area contributed by atoms with E-state index in [0.717, 1.165) is 10.0 Å². The van der Waals surface area contributed by atoms with Gasteiger partial charge in [0, 0.05) is 10.0 Å². The van der Waals surface area contributed by atoms with Crippen molar-refractivity contribution < 1.29 is 4.39 Å². The van der Waals surface area contributed by atoms with Crippen LogP contribution >= 0.6 is 15.9 Å². The molecule has 0 aliphatic heterocycles. The molecule has 0 aliphatic rings. The van der Waals surface area contributed by atoms with Crippen molar-refractivity contribution in [1.82, 2.24) is 0 Å². The van der Waals surface area contributed by atoms with Gasteiger partial charge in [0.2, 0.25) is 0 Å². The summed E-state index contributed by atoms with van der Waals surface area (Å²) in [7, 11) is 0. The van der Waals surface area contributed by atoms with E-state index in [1.54, 1.807) is 18.2 Å². The van der Waals surface area contributed by atoms with Crippen molar-refractivity contribution in [2.75, 3.05) is 0 Å². The van der Waals surface area contributed by atoms with Gasteiger partial charge in [-0.15, -0.1) is 0 Å². The summed E-state index contributed by atoms with van der Waals surface area (Å²) in [6.45, 7) is 0. The van der Waals surface area contributed by atoms with Gasteiger partial charge in [-0.3, -0.25) is 0 Å². The Bertz CT molecular complexity index is 434. The average molecular weight is 250 g/mol. The van der Waals surface area contributed by atoms with Gasteiger partial charge in [0.05, 0.1) is 0 Å². The van der Waals surface area contributed by atoms with E-state index in [-0.39, 0.29) is 5.82 Å². The highest BCUT2D eigenvalue weighted by Gasteiger charge is 2.02. The lowest BCUT2D eigenvalue weighted by atomic mass is 10.1. The van der Waals surface area contributed by atoms with Gasteiger partial charge in [-0.25, -0.2) is 4.39 Å². The molecule has 2 aromatic rings. The van der Waals surface area contributed by atoms with Gasteiger partial charge in [0.15, 0.2) is 0 Å². The van der Waals surface area contributed by atoms with Crippen LogP contribution in [0.5, 0.6) is 0 Å². The molecule has 0 fully saturated rings.